The van der Waals surface area contributed by atoms with E-state index in [0.717, 1.165) is 12.3 Å². The molecule has 2 rings (SSSR count). The van der Waals surface area contributed by atoms with Crippen molar-refractivity contribution in [3.63, 3.8) is 0 Å². The maximum absolute atomic E-state index is 12.4. The Morgan fingerprint density at radius 3 is 2.14 bits per heavy atom. The van der Waals surface area contributed by atoms with E-state index in [9.17, 15) is 26.7 Å². The third-order valence-corrected chi connectivity index (χ3v) is 3.91. The van der Waals surface area contributed by atoms with Crippen LogP contribution in [0, 0.1) is 0 Å². The van der Waals surface area contributed by atoms with Crippen molar-refractivity contribution in [1.82, 2.24) is 0 Å². The van der Waals surface area contributed by atoms with Gasteiger partial charge in [-0.05, 0) is 29.8 Å². The second-order valence-electron chi connectivity index (χ2n) is 4.52. The second kappa shape index (κ2) is 5.53. The average Bonchev–Trinajstić information content (AvgIpc) is 2.36. The molecule has 0 aliphatic heterocycles. The van der Waals surface area contributed by atoms with Crippen molar-refractivity contribution in [2.24, 2.45) is 0 Å². The normalized spacial score (nSPS) is 12.2. The molecule has 1 N–H and O–H groups in total. The van der Waals surface area contributed by atoms with Crippen LogP contribution < -0.4 is 4.74 Å². The molecule has 0 aromatic heterocycles. The average molecular weight is 332 g/mol. The van der Waals surface area contributed by atoms with Crippen LogP contribution in [0.15, 0.2) is 47.4 Å². The van der Waals surface area contributed by atoms with Gasteiger partial charge in [-0.25, -0.2) is 8.42 Å². The van der Waals surface area contributed by atoms with Crippen molar-refractivity contribution >= 4 is 9.84 Å². The van der Waals surface area contributed by atoms with E-state index in [2.05, 4.69) is 4.74 Å². The molecule has 0 bridgehead atoms. The van der Waals surface area contributed by atoms with Crippen LogP contribution in [0.5, 0.6) is 11.5 Å². The SMILES string of the molecule is CS(=O)(=O)c1ccc(-c2ccc(O)cc2OC(F)(F)F)cc1. The Kier molecular flexibility index (Phi) is 4.06. The van der Waals surface area contributed by atoms with Crippen LogP contribution in [0.4, 0.5) is 13.2 Å². The van der Waals surface area contributed by atoms with Crippen LogP contribution in [0.3, 0.4) is 0 Å². The van der Waals surface area contributed by atoms with Gasteiger partial charge in [0.1, 0.15) is 11.5 Å². The van der Waals surface area contributed by atoms with E-state index >= 15 is 0 Å². The highest BCUT2D eigenvalue weighted by Gasteiger charge is 2.32. The summed E-state index contributed by atoms with van der Waals surface area (Å²) in [5, 5.41) is 9.31. The molecule has 0 unspecified atom stereocenters. The molecular formula is C14H11F3O4S. The highest BCUT2D eigenvalue weighted by atomic mass is 32.2. The molecule has 0 atom stereocenters. The largest absolute Gasteiger partial charge is 0.573 e. The summed E-state index contributed by atoms with van der Waals surface area (Å²) >= 11 is 0. The summed E-state index contributed by atoms with van der Waals surface area (Å²) in [6.45, 7) is 0. The number of hydrogen-bond donors (Lipinski definition) is 1. The molecule has 0 fully saturated rings. The lowest BCUT2D eigenvalue weighted by molar-refractivity contribution is -0.274. The smallest absolute Gasteiger partial charge is 0.508 e. The van der Waals surface area contributed by atoms with Crippen molar-refractivity contribution in [1.29, 1.82) is 0 Å². The number of alkyl halides is 3. The molecule has 2 aromatic carbocycles. The number of hydrogen-bond acceptors (Lipinski definition) is 4. The van der Waals surface area contributed by atoms with E-state index in [-0.39, 0.29) is 16.2 Å². The van der Waals surface area contributed by atoms with Gasteiger partial charge in [0.05, 0.1) is 4.90 Å². The van der Waals surface area contributed by atoms with Crippen LogP contribution in [0.1, 0.15) is 0 Å². The molecule has 0 heterocycles. The fourth-order valence-electron chi connectivity index (χ4n) is 1.84. The highest BCUT2D eigenvalue weighted by molar-refractivity contribution is 7.90. The third kappa shape index (κ3) is 3.91. The van der Waals surface area contributed by atoms with Gasteiger partial charge < -0.3 is 9.84 Å². The predicted octanol–water partition coefficient (Wildman–Crippen LogP) is 3.36. The van der Waals surface area contributed by atoms with Gasteiger partial charge in [-0.15, -0.1) is 13.2 Å². The van der Waals surface area contributed by atoms with Crippen molar-refractivity contribution in [3.05, 3.63) is 42.5 Å². The first-order chi connectivity index (χ1) is 10.1. The zero-order valence-corrected chi connectivity index (χ0v) is 12.1. The Labute approximate surface area is 124 Å². The lowest BCUT2D eigenvalue weighted by Gasteiger charge is -2.14. The van der Waals surface area contributed by atoms with Gasteiger partial charge in [0.25, 0.3) is 0 Å². The lowest BCUT2D eigenvalue weighted by Crippen LogP contribution is -2.17. The molecule has 0 saturated carbocycles. The van der Waals surface area contributed by atoms with Gasteiger partial charge in [-0.1, -0.05) is 12.1 Å². The minimum absolute atomic E-state index is 0.0494. The Hall–Kier alpha value is -2.22. The molecule has 22 heavy (non-hydrogen) atoms. The third-order valence-electron chi connectivity index (χ3n) is 2.78. The fourth-order valence-corrected chi connectivity index (χ4v) is 2.47. The number of ether oxygens (including phenoxy) is 1. The zero-order chi connectivity index (χ0) is 16.5. The molecule has 0 amide bonds. The number of halogens is 3. The monoisotopic (exact) mass is 332 g/mol. The van der Waals surface area contributed by atoms with E-state index in [1.807, 2.05) is 0 Å². The Balaban J connectivity index is 2.48. The number of phenolic OH excluding ortho intramolecular Hbond substituents is 1. The van der Waals surface area contributed by atoms with E-state index < -0.39 is 21.9 Å². The number of rotatable bonds is 3. The summed E-state index contributed by atoms with van der Waals surface area (Å²) in [6, 6.07) is 8.62. The molecule has 118 valence electrons. The predicted molar refractivity (Wildman–Crippen MR) is 73.3 cm³/mol. The highest BCUT2D eigenvalue weighted by Crippen LogP contribution is 2.36. The van der Waals surface area contributed by atoms with Gasteiger partial charge in [-0.3, -0.25) is 0 Å². The van der Waals surface area contributed by atoms with Gasteiger partial charge >= 0.3 is 6.36 Å². The van der Waals surface area contributed by atoms with Crippen LogP contribution in [0.2, 0.25) is 0 Å². The number of sulfone groups is 1. The minimum Gasteiger partial charge on any atom is -0.508 e. The van der Waals surface area contributed by atoms with Crippen molar-refractivity contribution in [3.8, 4) is 22.6 Å². The maximum Gasteiger partial charge on any atom is 0.573 e. The molecule has 0 aliphatic carbocycles. The van der Waals surface area contributed by atoms with Crippen molar-refractivity contribution in [2.45, 2.75) is 11.3 Å². The topological polar surface area (TPSA) is 63.6 Å². The summed E-state index contributed by atoms with van der Waals surface area (Å²) in [7, 11) is -3.40. The van der Waals surface area contributed by atoms with E-state index in [1.54, 1.807) is 0 Å². The summed E-state index contributed by atoms with van der Waals surface area (Å²) in [5.74, 6) is -0.949. The molecule has 2 aromatic rings. The van der Waals surface area contributed by atoms with Crippen LogP contribution in [-0.4, -0.2) is 26.1 Å². The van der Waals surface area contributed by atoms with Crippen LogP contribution >= 0.6 is 0 Å². The van der Waals surface area contributed by atoms with Crippen LogP contribution in [-0.2, 0) is 9.84 Å². The first-order valence-corrected chi connectivity index (χ1v) is 7.85. The maximum atomic E-state index is 12.4. The molecular weight excluding hydrogens is 321 g/mol. The van der Waals surface area contributed by atoms with Gasteiger partial charge in [0, 0.05) is 17.9 Å². The molecule has 0 saturated heterocycles. The summed E-state index contributed by atoms with van der Waals surface area (Å²) in [5.41, 5.74) is 0.404. The Morgan fingerprint density at radius 2 is 1.64 bits per heavy atom. The van der Waals surface area contributed by atoms with Crippen molar-refractivity contribution in [2.75, 3.05) is 6.26 Å². The molecule has 0 radical (unpaired) electrons. The number of phenols is 1. The fraction of sp³-hybridized carbons (Fsp3) is 0.143. The molecule has 8 heteroatoms. The summed E-state index contributed by atoms with van der Waals surface area (Å²) in [4.78, 5) is 0.0494. The second-order valence-corrected chi connectivity index (χ2v) is 6.54. The number of benzene rings is 2. The molecule has 0 spiro atoms. The number of aromatic hydroxyl groups is 1. The van der Waals surface area contributed by atoms with E-state index in [4.69, 9.17) is 0 Å². The van der Waals surface area contributed by atoms with Gasteiger partial charge in [0.15, 0.2) is 9.84 Å². The summed E-state index contributed by atoms with van der Waals surface area (Å²) < 4.78 is 63.9. The minimum atomic E-state index is -4.91. The molecule has 4 nitrogen and oxygen atoms in total. The quantitative estimate of drug-likeness (QED) is 0.936. The van der Waals surface area contributed by atoms with E-state index in [0.29, 0.717) is 5.56 Å². The Morgan fingerprint density at radius 1 is 1.05 bits per heavy atom. The first kappa shape index (κ1) is 16.2. The Bertz CT molecular complexity index is 781. The lowest BCUT2D eigenvalue weighted by atomic mass is 10.0. The van der Waals surface area contributed by atoms with Gasteiger partial charge in [-0.2, -0.15) is 0 Å². The zero-order valence-electron chi connectivity index (χ0n) is 11.3. The molecule has 0 aliphatic rings. The first-order valence-electron chi connectivity index (χ1n) is 5.95. The van der Waals surface area contributed by atoms with Crippen molar-refractivity contribution < 1.29 is 31.4 Å². The van der Waals surface area contributed by atoms with E-state index in [1.165, 1.54) is 36.4 Å². The van der Waals surface area contributed by atoms with Crippen LogP contribution in [0.25, 0.3) is 11.1 Å². The standard InChI is InChI=1S/C14H11F3O4S/c1-22(19,20)11-5-2-9(3-6-11)12-7-4-10(18)8-13(12)21-14(15,16)17/h2-8,18H,1H3. The summed E-state index contributed by atoms with van der Waals surface area (Å²) in [6.07, 6.45) is -3.88. The van der Waals surface area contributed by atoms with Gasteiger partial charge in [0.2, 0.25) is 0 Å².